The molecule has 0 bridgehead atoms. The third-order valence-corrected chi connectivity index (χ3v) is 4.89. The molecule has 2 aromatic rings. The van der Waals surface area contributed by atoms with E-state index < -0.39 is 0 Å². The van der Waals surface area contributed by atoms with Crippen molar-refractivity contribution in [1.82, 2.24) is 9.80 Å². The van der Waals surface area contributed by atoms with Gasteiger partial charge < -0.3 is 14.5 Å². The van der Waals surface area contributed by atoms with Crippen LogP contribution in [0.5, 0.6) is 5.75 Å². The number of rotatable bonds is 5. The first-order valence-electron chi connectivity index (χ1n) is 8.84. The van der Waals surface area contributed by atoms with E-state index in [9.17, 15) is 4.79 Å². The molecule has 25 heavy (non-hydrogen) atoms. The van der Waals surface area contributed by atoms with Gasteiger partial charge in [-0.2, -0.15) is 0 Å². The van der Waals surface area contributed by atoms with Crippen molar-refractivity contribution in [2.45, 2.75) is 18.9 Å². The summed E-state index contributed by atoms with van der Waals surface area (Å²) in [4.78, 5) is 17.3. The fourth-order valence-electron chi connectivity index (χ4n) is 3.47. The molecular weight excluding hydrogens is 312 g/mol. The Balaban J connectivity index is 1.71. The lowest BCUT2D eigenvalue weighted by atomic mass is 10.0. The Hall–Kier alpha value is -2.33. The first-order valence-corrected chi connectivity index (χ1v) is 8.84. The largest absolute Gasteiger partial charge is 0.496 e. The van der Waals surface area contributed by atoms with E-state index in [2.05, 4.69) is 24.1 Å². The topological polar surface area (TPSA) is 32.8 Å². The molecule has 1 amide bonds. The van der Waals surface area contributed by atoms with E-state index in [0.717, 1.165) is 30.9 Å². The number of hydrogen-bond acceptors (Lipinski definition) is 3. The third-order valence-electron chi connectivity index (χ3n) is 4.89. The van der Waals surface area contributed by atoms with Gasteiger partial charge in [-0.3, -0.25) is 4.79 Å². The van der Waals surface area contributed by atoms with Crippen molar-refractivity contribution in [1.29, 1.82) is 0 Å². The van der Waals surface area contributed by atoms with Crippen LogP contribution < -0.4 is 4.74 Å². The van der Waals surface area contributed by atoms with Gasteiger partial charge in [0.15, 0.2) is 0 Å². The van der Waals surface area contributed by atoms with Crippen molar-refractivity contribution in [3.63, 3.8) is 0 Å². The summed E-state index contributed by atoms with van der Waals surface area (Å²) in [6, 6.07) is 18.4. The zero-order valence-electron chi connectivity index (χ0n) is 15.0. The van der Waals surface area contributed by atoms with E-state index >= 15 is 0 Å². The number of ether oxygens (including phenoxy) is 1. The lowest BCUT2D eigenvalue weighted by molar-refractivity contribution is -0.136. The standard InChI is InChI=1S/C21H26N2O2/c1-22-14-15-23(19(16-22)17-8-4-3-5-9-17)21(24)13-12-18-10-6-7-11-20(18)25-2/h3-11,19H,12-16H2,1-2H3/t19-/m1/s1. The molecule has 0 spiro atoms. The van der Waals surface area contributed by atoms with Crippen LogP contribution in [0.2, 0.25) is 0 Å². The number of amides is 1. The second-order valence-corrected chi connectivity index (χ2v) is 6.59. The van der Waals surface area contributed by atoms with Gasteiger partial charge in [0.05, 0.1) is 13.2 Å². The van der Waals surface area contributed by atoms with Gasteiger partial charge in [0.1, 0.15) is 5.75 Å². The summed E-state index contributed by atoms with van der Waals surface area (Å²) in [5, 5.41) is 0. The maximum atomic E-state index is 12.9. The van der Waals surface area contributed by atoms with Gasteiger partial charge in [-0.15, -0.1) is 0 Å². The number of piperazine rings is 1. The highest BCUT2D eigenvalue weighted by Crippen LogP contribution is 2.26. The molecule has 1 aliphatic rings. The maximum absolute atomic E-state index is 12.9. The Labute approximate surface area is 150 Å². The third kappa shape index (κ3) is 4.20. The average Bonchev–Trinajstić information content (AvgIpc) is 2.67. The van der Waals surface area contributed by atoms with Crippen LogP contribution in [0, 0.1) is 0 Å². The Morgan fingerprint density at radius 1 is 1.08 bits per heavy atom. The molecule has 2 aromatic carbocycles. The normalized spacial score (nSPS) is 18.2. The number of carbonyl (C=O) groups is 1. The summed E-state index contributed by atoms with van der Waals surface area (Å²) in [7, 11) is 3.79. The Bertz CT molecular complexity index is 702. The predicted molar refractivity (Wildman–Crippen MR) is 99.7 cm³/mol. The van der Waals surface area contributed by atoms with Crippen LogP contribution >= 0.6 is 0 Å². The van der Waals surface area contributed by atoms with Gasteiger partial charge in [-0.05, 0) is 30.7 Å². The van der Waals surface area contributed by atoms with Crippen molar-refractivity contribution in [3.8, 4) is 5.75 Å². The molecule has 1 saturated heterocycles. The van der Waals surface area contributed by atoms with Crippen molar-refractivity contribution in [3.05, 3.63) is 65.7 Å². The molecule has 0 saturated carbocycles. The highest BCUT2D eigenvalue weighted by atomic mass is 16.5. The number of likely N-dealkylation sites (N-methyl/N-ethyl adjacent to an activating group) is 1. The highest BCUT2D eigenvalue weighted by Gasteiger charge is 2.29. The SMILES string of the molecule is COc1ccccc1CCC(=O)N1CCN(C)C[C@@H]1c1ccccc1. The van der Waals surface area contributed by atoms with Crippen molar-refractivity contribution >= 4 is 5.91 Å². The minimum Gasteiger partial charge on any atom is -0.496 e. The number of aryl methyl sites for hydroxylation is 1. The molecule has 0 radical (unpaired) electrons. The summed E-state index contributed by atoms with van der Waals surface area (Å²) in [5.74, 6) is 1.07. The Kier molecular flexibility index (Phi) is 5.71. The minimum absolute atomic E-state index is 0.130. The molecule has 4 heteroatoms. The highest BCUT2D eigenvalue weighted by molar-refractivity contribution is 5.77. The van der Waals surface area contributed by atoms with E-state index in [1.165, 1.54) is 5.56 Å². The van der Waals surface area contributed by atoms with E-state index in [4.69, 9.17) is 4.74 Å². The summed E-state index contributed by atoms with van der Waals surface area (Å²) >= 11 is 0. The summed E-state index contributed by atoms with van der Waals surface area (Å²) in [6.07, 6.45) is 1.21. The van der Waals surface area contributed by atoms with Gasteiger partial charge in [0.25, 0.3) is 0 Å². The van der Waals surface area contributed by atoms with Crippen LogP contribution in [0.1, 0.15) is 23.6 Å². The lowest BCUT2D eigenvalue weighted by Crippen LogP contribution is -2.49. The van der Waals surface area contributed by atoms with Crippen LogP contribution in [0.4, 0.5) is 0 Å². The second kappa shape index (κ2) is 8.17. The van der Waals surface area contributed by atoms with Crippen molar-refractivity contribution in [2.75, 3.05) is 33.8 Å². The summed E-state index contributed by atoms with van der Waals surface area (Å²) < 4.78 is 5.40. The van der Waals surface area contributed by atoms with Gasteiger partial charge in [-0.25, -0.2) is 0 Å². The van der Waals surface area contributed by atoms with Crippen LogP contribution in [0.25, 0.3) is 0 Å². The zero-order valence-corrected chi connectivity index (χ0v) is 15.0. The van der Waals surface area contributed by atoms with Crippen LogP contribution in [-0.2, 0) is 11.2 Å². The first kappa shape index (κ1) is 17.5. The molecule has 3 rings (SSSR count). The molecule has 0 unspecified atom stereocenters. The molecule has 4 nitrogen and oxygen atoms in total. The van der Waals surface area contributed by atoms with Crippen molar-refractivity contribution in [2.24, 2.45) is 0 Å². The number of para-hydroxylation sites is 1. The molecule has 1 atom stereocenters. The maximum Gasteiger partial charge on any atom is 0.223 e. The van der Waals surface area contributed by atoms with Crippen LogP contribution in [-0.4, -0.2) is 49.5 Å². The number of benzene rings is 2. The number of carbonyl (C=O) groups excluding carboxylic acids is 1. The second-order valence-electron chi connectivity index (χ2n) is 6.59. The quantitative estimate of drug-likeness (QED) is 0.840. The molecule has 1 fully saturated rings. The number of methoxy groups -OCH3 is 1. The summed E-state index contributed by atoms with van der Waals surface area (Å²) in [5.41, 5.74) is 2.29. The molecule has 132 valence electrons. The number of nitrogens with zero attached hydrogens (tertiary/aromatic N) is 2. The first-order chi connectivity index (χ1) is 12.2. The van der Waals surface area contributed by atoms with Crippen LogP contribution in [0.3, 0.4) is 0 Å². The predicted octanol–water partition coefficient (Wildman–Crippen LogP) is 3.14. The molecule has 0 aliphatic carbocycles. The monoisotopic (exact) mass is 338 g/mol. The van der Waals surface area contributed by atoms with E-state index in [-0.39, 0.29) is 11.9 Å². The van der Waals surface area contributed by atoms with Crippen LogP contribution in [0.15, 0.2) is 54.6 Å². The van der Waals surface area contributed by atoms with Gasteiger partial charge >= 0.3 is 0 Å². The Morgan fingerprint density at radius 2 is 1.80 bits per heavy atom. The molecule has 1 heterocycles. The van der Waals surface area contributed by atoms with E-state index in [0.29, 0.717) is 12.8 Å². The molecule has 0 N–H and O–H groups in total. The van der Waals surface area contributed by atoms with Gasteiger partial charge in [-0.1, -0.05) is 48.5 Å². The van der Waals surface area contributed by atoms with Gasteiger partial charge in [0, 0.05) is 26.1 Å². The zero-order chi connectivity index (χ0) is 17.6. The average molecular weight is 338 g/mol. The molecule has 0 aromatic heterocycles. The minimum atomic E-state index is 0.130. The molecule has 1 aliphatic heterocycles. The van der Waals surface area contributed by atoms with Crippen molar-refractivity contribution < 1.29 is 9.53 Å². The lowest BCUT2D eigenvalue weighted by Gasteiger charge is -2.40. The fraction of sp³-hybridized carbons (Fsp3) is 0.381. The molecular formula is C21H26N2O2. The fourth-order valence-corrected chi connectivity index (χ4v) is 3.47. The smallest absolute Gasteiger partial charge is 0.223 e. The summed E-state index contributed by atoms with van der Waals surface area (Å²) in [6.45, 7) is 2.58. The van der Waals surface area contributed by atoms with E-state index in [1.54, 1.807) is 7.11 Å². The number of hydrogen-bond donors (Lipinski definition) is 0. The Morgan fingerprint density at radius 3 is 2.56 bits per heavy atom. The van der Waals surface area contributed by atoms with Gasteiger partial charge in [0.2, 0.25) is 5.91 Å². The van der Waals surface area contributed by atoms with E-state index in [1.807, 2.05) is 47.4 Å².